The Morgan fingerprint density at radius 1 is 1.41 bits per heavy atom. The SMILES string of the molecule is Cc1ccc2nc(N3CCN[C@@H](C)C3)nn2c1. The van der Waals surface area contributed by atoms with Crippen LogP contribution in [0.1, 0.15) is 12.5 Å². The predicted octanol–water partition coefficient (Wildman–Crippen LogP) is 0.836. The topological polar surface area (TPSA) is 45.5 Å². The molecular formula is C12H17N5. The Morgan fingerprint density at radius 2 is 2.29 bits per heavy atom. The Hall–Kier alpha value is -1.62. The van der Waals surface area contributed by atoms with Crippen molar-refractivity contribution in [1.82, 2.24) is 19.9 Å². The van der Waals surface area contributed by atoms with Crippen LogP contribution in [0.15, 0.2) is 18.3 Å². The lowest BCUT2D eigenvalue weighted by Gasteiger charge is -2.30. The van der Waals surface area contributed by atoms with E-state index < -0.39 is 0 Å². The minimum atomic E-state index is 0.497. The van der Waals surface area contributed by atoms with Gasteiger partial charge >= 0.3 is 0 Å². The molecule has 0 bridgehead atoms. The summed E-state index contributed by atoms with van der Waals surface area (Å²) in [4.78, 5) is 6.80. The number of anilines is 1. The van der Waals surface area contributed by atoms with Gasteiger partial charge in [-0.15, -0.1) is 5.10 Å². The fraction of sp³-hybridized carbons (Fsp3) is 0.500. The van der Waals surface area contributed by atoms with E-state index in [9.17, 15) is 0 Å². The highest BCUT2D eigenvalue weighted by Crippen LogP contribution is 2.13. The first-order valence-corrected chi connectivity index (χ1v) is 6.04. The fourth-order valence-corrected chi connectivity index (χ4v) is 2.22. The van der Waals surface area contributed by atoms with Crippen LogP contribution in [0.5, 0.6) is 0 Å². The molecule has 1 atom stereocenters. The summed E-state index contributed by atoms with van der Waals surface area (Å²) in [7, 11) is 0. The maximum Gasteiger partial charge on any atom is 0.245 e. The molecule has 0 saturated carbocycles. The van der Waals surface area contributed by atoms with Crippen LogP contribution in [-0.4, -0.2) is 40.3 Å². The van der Waals surface area contributed by atoms with E-state index in [0.29, 0.717) is 6.04 Å². The van der Waals surface area contributed by atoms with Gasteiger partial charge in [0.1, 0.15) is 0 Å². The number of hydrogen-bond donors (Lipinski definition) is 1. The van der Waals surface area contributed by atoms with Gasteiger partial charge in [0.25, 0.3) is 0 Å². The van der Waals surface area contributed by atoms with Gasteiger partial charge in [-0.25, -0.2) is 4.52 Å². The zero-order chi connectivity index (χ0) is 11.8. The lowest BCUT2D eigenvalue weighted by molar-refractivity contribution is 0.479. The van der Waals surface area contributed by atoms with Crippen LogP contribution in [0.25, 0.3) is 5.65 Å². The molecule has 3 rings (SSSR count). The van der Waals surface area contributed by atoms with Crippen LogP contribution in [0.4, 0.5) is 5.95 Å². The number of aryl methyl sites for hydroxylation is 1. The lowest BCUT2D eigenvalue weighted by Crippen LogP contribution is -2.49. The van der Waals surface area contributed by atoms with E-state index in [1.165, 1.54) is 5.56 Å². The molecule has 1 fully saturated rings. The first-order chi connectivity index (χ1) is 8.22. The van der Waals surface area contributed by atoms with Crippen LogP contribution >= 0.6 is 0 Å². The Labute approximate surface area is 100 Å². The molecule has 3 heterocycles. The Morgan fingerprint density at radius 3 is 3.12 bits per heavy atom. The summed E-state index contributed by atoms with van der Waals surface area (Å²) < 4.78 is 1.86. The normalized spacial score (nSPS) is 21.1. The number of piperazine rings is 1. The van der Waals surface area contributed by atoms with Gasteiger partial charge in [0.05, 0.1) is 0 Å². The molecule has 0 aliphatic carbocycles. The van der Waals surface area contributed by atoms with E-state index in [4.69, 9.17) is 0 Å². The summed E-state index contributed by atoms with van der Waals surface area (Å²) in [5.41, 5.74) is 2.11. The zero-order valence-corrected chi connectivity index (χ0v) is 10.2. The molecule has 2 aromatic heterocycles. The number of aromatic nitrogens is 3. The monoisotopic (exact) mass is 231 g/mol. The maximum absolute atomic E-state index is 4.56. The lowest BCUT2D eigenvalue weighted by atomic mass is 10.2. The number of nitrogens with one attached hydrogen (secondary N) is 1. The van der Waals surface area contributed by atoms with Gasteiger partial charge in [0.15, 0.2) is 5.65 Å². The quantitative estimate of drug-likeness (QED) is 0.790. The van der Waals surface area contributed by atoms with Gasteiger partial charge in [-0.2, -0.15) is 4.98 Å². The van der Waals surface area contributed by atoms with Crippen molar-refractivity contribution in [3.05, 3.63) is 23.9 Å². The van der Waals surface area contributed by atoms with Crippen molar-refractivity contribution in [3.8, 4) is 0 Å². The second-order valence-corrected chi connectivity index (χ2v) is 4.72. The van der Waals surface area contributed by atoms with Gasteiger partial charge in [0, 0.05) is 31.9 Å². The second-order valence-electron chi connectivity index (χ2n) is 4.72. The van der Waals surface area contributed by atoms with Crippen molar-refractivity contribution < 1.29 is 0 Å². The number of pyridine rings is 1. The molecule has 2 aromatic rings. The molecule has 17 heavy (non-hydrogen) atoms. The number of fused-ring (bicyclic) bond motifs is 1. The fourth-order valence-electron chi connectivity index (χ4n) is 2.22. The molecule has 1 N–H and O–H groups in total. The molecule has 1 aliphatic rings. The second kappa shape index (κ2) is 4.00. The minimum Gasteiger partial charge on any atom is -0.337 e. The third-order valence-electron chi connectivity index (χ3n) is 3.12. The third kappa shape index (κ3) is 1.98. The molecular weight excluding hydrogens is 214 g/mol. The Bertz CT molecular complexity index is 533. The smallest absolute Gasteiger partial charge is 0.245 e. The average Bonchev–Trinajstić information content (AvgIpc) is 2.72. The summed E-state index contributed by atoms with van der Waals surface area (Å²) in [6, 6.07) is 4.57. The van der Waals surface area contributed by atoms with Crippen molar-refractivity contribution in [1.29, 1.82) is 0 Å². The number of nitrogens with zero attached hydrogens (tertiary/aromatic N) is 4. The van der Waals surface area contributed by atoms with Crippen molar-refractivity contribution >= 4 is 11.6 Å². The summed E-state index contributed by atoms with van der Waals surface area (Å²) in [5, 5.41) is 7.96. The van der Waals surface area contributed by atoms with Gasteiger partial charge in [-0.3, -0.25) is 0 Å². The summed E-state index contributed by atoms with van der Waals surface area (Å²) in [6.07, 6.45) is 2.01. The summed E-state index contributed by atoms with van der Waals surface area (Å²) >= 11 is 0. The summed E-state index contributed by atoms with van der Waals surface area (Å²) in [6.45, 7) is 7.19. The van der Waals surface area contributed by atoms with E-state index in [2.05, 4.69) is 40.2 Å². The highest BCUT2D eigenvalue weighted by atomic mass is 15.4. The van der Waals surface area contributed by atoms with Crippen LogP contribution in [0.3, 0.4) is 0 Å². The van der Waals surface area contributed by atoms with Crippen LogP contribution in [0, 0.1) is 6.92 Å². The largest absolute Gasteiger partial charge is 0.337 e. The van der Waals surface area contributed by atoms with E-state index in [1.807, 2.05) is 16.8 Å². The molecule has 1 saturated heterocycles. The minimum absolute atomic E-state index is 0.497. The van der Waals surface area contributed by atoms with E-state index in [-0.39, 0.29) is 0 Å². The zero-order valence-electron chi connectivity index (χ0n) is 10.2. The highest BCUT2D eigenvalue weighted by Gasteiger charge is 2.19. The molecule has 5 heteroatoms. The first-order valence-electron chi connectivity index (χ1n) is 6.04. The standard InChI is InChI=1S/C12H17N5/c1-9-3-4-11-14-12(15-17(11)7-9)16-6-5-13-10(2)8-16/h3-4,7,10,13H,5-6,8H2,1-2H3/t10-/m0/s1. The van der Waals surface area contributed by atoms with E-state index in [0.717, 1.165) is 31.2 Å². The van der Waals surface area contributed by atoms with Gasteiger partial charge in [-0.05, 0) is 25.5 Å². The molecule has 0 spiro atoms. The maximum atomic E-state index is 4.56. The highest BCUT2D eigenvalue weighted by molar-refractivity contribution is 5.45. The predicted molar refractivity (Wildman–Crippen MR) is 67.4 cm³/mol. The van der Waals surface area contributed by atoms with Crippen molar-refractivity contribution in [2.24, 2.45) is 0 Å². The molecule has 1 aliphatic heterocycles. The molecule has 0 unspecified atom stereocenters. The van der Waals surface area contributed by atoms with Crippen molar-refractivity contribution in [2.45, 2.75) is 19.9 Å². The van der Waals surface area contributed by atoms with Crippen molar-refractivity contribution in [2.75, 3.05) is 24.5 Å². The van der Waals surface area contributed by atoms with Gasteiger partial charge in [0.2, 0.25) is 5.95 Å². The molecule has 0 amide bonds. The van der Waals surface area contributed by atoms with Crippen LogP contribution in [-0.2, 0) is 0 Å². The Kier molecular flexibility index (Phi) is 2.48. The Balaban J connectivity index is 1.94. The molecule has 0 aromatic carbocycles. The van der Waals surface area contributed by atoms with Crippen LogP contribution < -0.4 is 10.2 Å². The first kappa shape index (κ1) is 10.5. The molecule has 90 valence electrons. The van der Waals surface area contributed by atoms with Gasteiger partial charge < -0.3 is 10.2 Å². The van der Waals surface area contributed by atoms with E-state index >= 15 is 0 Å². The van der Waals surface area contributed by atoms with Crippen LogP contribution in [0.2, 0.25) is 0 Å². The molecule has 0 radical (unpaired) electrons. The average molecular weight is 231 g/mol. The number of rotatable bonds is 1. The molecule has 5 nitrogen and oxygen atoms in total. The third-order valence-corrected chi connectivity index (χ3v) is 3.12. The van der Waals surface area contributed by atoms with E-state index in [1.54, 1.807) is 0 Å². The number of hydrogen-bond acceptors (Lipinski definition) is 4. The van der Waals surface area contributed by atoms with Crippen molar-refractivity contribution in [3.63, 3.8) is 0 Å². The van der Waals surface area contributed by atoms with Gasteiger partial charge in [-0.1, -0.05) is 6.07 Å². The summed E-state index contributed by atoms with van der Waals surface area (Å²) in [5.74, 6) is 0.837.